The van der Waals surface area contributed by atoms with E-state index in [0.717, 1.165) is 35.9 Å². The summed E-state index contributed by atoms with van der Waals surface area (Å²) in [5.41, 5.74) is 0. The molecule has 0 aliphatic carbocycles. The predicted molar refractivity (Wildman–Crippen MR) is 92.2 cm³/mol. The second-order valence-corrected chi connectivity index (χ2v) is 7.87. The summed E-state index contributed by atoms with van der Waals surface area (Å²) in [6, 6.07) is 0.0178. The van der Waals surface area contributed by atoms with E-state index in [0.29, 0.717) is 16.8 Å². The maximum atomic E-state index is 12.3. The Kier molecular flexibility index (Phi) is 5.80. The molecule has 3 heterocycles. The third kappa shape index (κ3) is 4.11. The molecule has 0 unspecified atom stereocenters. The average Bonchev–Trinajstić information content (AvgIpc) is 3.28. The van der Waals surface area contributed by atoms with Gasteiger partial charge in [0.2, 0.25) is 16.9 Å². The lowest BCUT2D eigenvalue weighted by molar-refractivity contribution is -0.117. The number of aryl methyl sites for hydroxylation is 1. The second-order valence-electron chi connectivity index (χ2n) is 5.39. The Morgan fingerprint density at radius 3 is 3.08 bits per heavy atom. The maximum Gasteiger partial charge on any atom is 0.244 e. The number of rotatable bonds is 7. The molecule has 0 spiro atoms. The number of hydrogen-bond donors (Lipinski definition) is 1. The molecule has 24 heavy (non-hydrogen) atoms. The van der Waals surface area contributed by atoms with E-state index in [1.54, 1.807) is 11.8 Å². The van der Waals surface area contributed by atoms with Crippen molar-refractivity contribution in [2.75, 3.05) is 24.2 Å². The summed E-state index contributed by atoms with van der Waals surface area (Å²) in [5.74, 6) is 2.15. The van der Waals surface area contributed by atoms with Crippen molar-refractivity contribution in [3.63, 3.8) is 0 Å². The van der Waals surface area contributed by atoms with Crippen LogP contribution < -0.4 is 5.32 Å². The fourth-order valence-corrected chi connectivity index (χ4v) is 4.29. The highest BCUT2D eigenvalue weighted by atomic mass is 32.2. The second kappa shape index (κ2) is 8.04. The third-order valence-corrected chi connectivity index (χ3v) is 5.57. The lowest BCUT2D eigenvalue weighted by Gasteiger charge is -2.20. The summed E-state index contributed by atoms with van der Waals surface area (Å²) in [5, 5.41) is 15.3. The van der Waals surface area contributed by atoms with Gasteiger partial charge in [-0.3, -0.25) is 15.0 Å². The van der Waals surface area contributed by atoms with Crippen LogP contribution in [0.5, 0.6) is 0 Å². The first-order chi connectivity index (χ1) is 11.7. The number of thioether (sulfide) groups is 1. The standard InChI is InChI=1S/C14H20N6O2S2/c1-3-10-15-12(22-19-10)9-6-5-7-20(9)8-11(21)16-13-17-18-14(24-13)23-4-2/h9H,3-8H2,1-2H3,(H,16,17,21)/t9-/m0/s1. The first-order valence-corrected chi connectivity index (χ1v) is 9.82. The fraction of sp³-hybridized carbons (Fsp3) is 0.643. The van der Waals surface area contributed by atoms with E-state index in [-0.39, 0.29) is 18.5 Å². The SMILES string of the molecule is CCSc1nnc(NC(=O)CN2CCC[C@H]2c2nc(CC)no2)s1. The number of carbonyl (C=O) groups is 1. The molecule has 1 amide bonds. The highest BCUT2D eigenvalue weighted by Gasteiger charge is 2.31. The first kappa shape index (κ1) is 17.3. The molecular weight excluding hydrogens is 348 g/mol. The van der Waals surface area contributed by atoms with Crippen LogP contribution in [0.4, 0.5) is 5.13 Å². The van der Waals surface area contributed by atoms with E-state index < -0.39 is 0 Å². The van der Waals surface area contributed by atoms with Gasteiger partial charge >= 0.3 is 0 Å². The number of hydrogen-bond acceptors (Lipinski definition) is 9. The van der Waals surface area contributed by atoms with Crippen LogP contribution in [-0.4, -0.2) is 50.0 Å². The number of nitrogens with zero attached hydrogens (tertiary/aromatic N) is 5. The lowest BCUT2D eigenvalue weighted by atomic mass is 10.2. The lowest BCUT2D eigenvalue weighted by Crippen LogP contribution is -2.33. The number of amides is 1. The van der Waals surface area contributed by atoms with Crippen LogP contribution in [0, 0.1) is 0 Å². The van der Waals surface area contributed by atoms with Crippen LogP contribution in [0.25, 0.3) is 0 Å². The fourth-order valence-electron chi connectivity index (χ4n) is 2.63. The zero-order valence-corrected chi connectivity index (χ0v) is 15.3. The largest absolute Gasteiger partial charge is 0.338 e. The number of aromatic nitrogens is 4. The molecule has 8 nitrogen and oxygen atoms in total. The Balaban J connectivity index is 1.58. The highest BCUT2D eigenvalue weighted by Crippen LogP contribution is 2.31. The average molecular weight is 368 g/mol. The summed E-state index contributed by atoms with van der Waals surface area (Å²) >= 11 is 3.01. The van der Waals surface area contributed by atoms with Gasteiger partial charge in [-0.25, -0.2) is 0 Å². The zero-order chi connectivity index (χ0) is 16.9. The van der Waals surface area contributed by atoms with Gasteiger partial charge in [-0.15, -0.1) is 10.2 Å². The van der Waals surface area contributed by atoms with Gasteiger partial charge in [-0.05, 0) is 25.1 Å². The molecule has 2 aromatic heterocycles. The monoisotopic (exact) mass is 368 g/mol. The van der Waals surface area contributed by atoms with Crippen molar-refractivity contribution in [1.82, 2.24) is 25.2 Å². The molecule has 1 aliphatic heterocycles. The topological polar surface area (TPSA) is 97.0 Å². The molecule has 10 heteroatoms. The summed E-state index contributed by atoms with van der Waals surface area (Å²) in [7, 11) is 0. The van der Waals surface area contributed by atoms with Gasteiger partial charge in [-0.1, -0.05) is 42.1 Å². The van der Waals surface area contributed by atoms with Gasteiger partial charge in [0.25, 0.3) is 0 Å². The van der Waals surface area contributed by atoms with Crippen LogP contribution in [0.15, 0.2) is 8.86 Å². The van der Waals surface area contributed by atoms with E-state index in [1.165, 1.54) is 11.3 Å². The molecule has 1 fully saturated rings. The van der Waals surface area contributed by atoms with E-state index >= 15 is 0 Å². The summed E-state index contributed by atoms with van der Waals surface area (Å²) in [6.07, 6.45) is 2.68. The Bertz CT molecular complexity index is 688. The smallest absolute Gasteiger partial charge is 0.244 e. The van der Waals surface area contributed by atoms with E-state index in [9.17, 15) is 4.79 Å². The van der Waals surface area contributed by atoms with Crippen molar-refractivity contribution in [3.8, 4) is 0 Å². The molecule has 2 aromatic rings. The maximum absolute atomic E-state index is 12.3. The number of anilines is 1. The Labute approximate surface area is 148 Å². The van der Waals surface area contributed by atoms with Gasteiger partial charge in [0.05, 0.1) is 12.6 Å². The minimum Gasteiger partial charge on any atom is -0.338 e. The van der Waals surface area contributed by atoms with Crippen molar-refractivity contribution in [1.29, 1.82) is 0 Å². The molecule has 0 saturated carbocycles. The van der Waals surface area contributed by atoms with Gasteiger partial charge in [0.15, 0.2) is 10.2 Å². The van der Waals surface area contributed by atoms with Crippen molar-refractivity contribution in [2.45, 2.75) is 43.5 Å². The third-order valence-electron chi connectivity index (χ3n) is 3.72. The molecule has 1 N–H and O–H groups in total. The molecule has 1 saturated heterocycles. The van der Waals surface area contributed by atoms with Crippen LogP contribution in [0.2, 0.25) is 0 Å². The summed E-state index contributed by atoms with van der Waals surface area (Å²) < 4.78 is 6.21. The highest BCUT2D eigenvalue weighted by molar-refractivity contribution is 8.01. The van der Waals surface area contributed by atoms with Gasteiger partial charge in [-0.2, -0.15) is 4.98 Å². The van der Waals surface area contributed by atoms with Crippen LogP contribution in [-0.2, 0) is 11.2 Å². The Morgan fingerprint density at radius 2 is 2.33 bits per heavy atom. The van der Waals surface area contributed by atoms with Crippen LogP contribution in [0.3, 0.4) is 0 Å². The molecule has 3 rings (SSSR count). The number of likely N-dealkylation sites (tertiary alicyclic amines) is 1. The van der Waals surface area contributed by atoms with Gasteiger partial charge < -0.3 is 4.52 Å². The Morgan fingerprint density at radius 1 is 1.46 bits per heavy atom. The molecule has 130 valence electrons. The van der Waals surface area contributed by atoms with Crippen molar-refractivity contribution in [3.05, 3.63) is 11.7 Å². The number of nitrogens with one attached hydrogen (secondary N) is 1. The molecule has 0 radical (unpaired) electrons. The van der Waals surface area contributed by atoms with Gasteiger partial charge in [0.1, 0.15) is 0 Å². The normalized spacial score (nSPS) is 18.2. The minimum atomic E-state index is -0.0960. The van der Waals surface area contributed by atoms with Crippen molar-refractivity contribution < 1.29 is 9.32 Å². The Hall–Kier alpha value is -1.52. The van der Waals surface area contributed by atoms with Crippen LogP contribution in [0.1, 0.15) is 44.4 Å². The predicted octanol–water partition coefficient (Wildman–Crippen LogP) is 2.37. The molecule has 0 bridgehead atoms. The van der Waals surface area contributed by atoms with Crippen LogP contribution >= 0.6 is 23.1 Å². The summed E-state index contributed by atoms with van der Waals surface area (Å²) in [6.45, 7) is 5.17. The first-order valence-electron chi connectivity index (χ1n) is 8.02. The van der Waals surface area contributed by atoms with E-state index in [1.807, 2.05) is 6.92 Å². The zero-order valence-electron chi connectivity index (χ0n) is 13.7. The summed E-state index contributed by atoms with van der Waals surface area (Å²) in [4.78, 5) is 18.8. The van der Waals surface area contributed by atoms with Crippen molar-refractivity contribution >= 4 is 34.1 Å². The van der Waals surface area contributed by atoms with E-state index in [4.69, 9.17) is 4.52 Å². The van der Waals surface area contributed by atoms with Gasteiger partial charge in [0, 0.05) is 6.42 Å². The number of carbonyl (C=O) groups excluding carboxylic acids is 1. The molecule has 0 aromatic carbocycles. The minimum absolute atomic E-state index is 0.0178. The molecule has 1 atom stereocenters. The van der Waals surface area contributed by atoms with Crippen molar-refractivity contribution in [2.24, 2.45) is 0 Å². The quantitative estimate of drug-likeness (QED) is 0.588. The van der Waals surface area contributed by atoms with E-state index in [2.05, 4.69) is 37.5 Å². The molecule has 1 aliphatic rings. The molecular formula is C14H20N6O2S2.